The summed E-state index contributed by atoms with van der Waals surface area (Å²) in [5.74, 6) is 0.376. The zero-order chi connectivity index (χ0) is 24.0. The molecule has 0 aromatic heterocycles. The minimum Gasteiger partial charge on any atom is -0.387 e. The summed E-state index contributed by atoms with van der Waals surface area (Å²) in [4.78, 5) is 31.8. The monoisotopic (exact) mass is 446 g/mol. The summed E-state index contributed by atoms with van der Waals surface area (Å²) in [6.45, 7) is 9.50. The van der Waals surface area contributed by atoms with Gasteiger partial charge in [0.2, 0.25) is 5.91 Å². The number of hydrogen-bond acceptors (Lipinski definition) is 4. The van der Waals surface area contributed by atoms with E-state index < -0.39 is 0 Å². The quantitative estimate of drug-likeness (QED) is 0.603. The molecule has 2 amide bonds. The fourth-order valence-corrected chi connectivity index (χ4v) is 3.92. The van der Waals surface area contributed by atoms with Crippen LogP contribution < -0.4 is 11.1 Å². The van der Waals surface area contributed by atoms with Crippen LogP contribution in [0.3, 0.4) is 0 Å². The summed E-state index contributed by atoms with van der Waals surface area (Å²) in [5.41, 5.74) is 11.1. The van der Waals surface area contributed by atoms with Crippen molar-refractivity contribution in [3.8, 4) is 11.1 Å². The van der Waals surface area contributed by atoms with Gasteiger partial charge in [-0.1, -0.05) is 38.1 Å². The van der Waals surface area contributed by atoms with E-state index in [1.165, 1.54) is 0 Å². The third-order valence-corrected chi connectivity index (χ3v) is 5.44. The molecule has 0 fully saturated rings. The molecule has 0 atom stereocenters. The van der Waals surface area contributed by atoms with Gasteiger partial charge in [-0.2, -0.15) is 0 Å². The Morgan fingerprint density at radius 3 is 2.27 bits per heavy atom. The van der Waals surface area contributed by atoms with Crippen LogP contribution in [0.15, 0.2) is 53.0 Å². The maximum Gasteiger partial charge on any atom is 0.251 e. The first kappa shape index (κ1) is 24.2. The van der Waals surface area contributed by atoms with Crippen LogP contribution in [0.25, 0.3) is 17.2 Å². The SMILES string of the molecule is CCCN(CCC)C(=O)C1=Cc2ccc(-c3ccc(C(=O)NC(C)C)cc3)cc2N=C(N)C1. The van der Waals surface area contributed by atoms with E-state index in [2.05, 4.69) is 24.2 Å². The molecule has 174 valence electrons. The molecule has 0 bridgehead atoms. The molecule has 0 saturated heterocycles. The van der Waals surface area contributed by atoms with Gasteiger partial charge >= 0.3 is 0 Å². The van der Waals surface area contributed by atoms with Crippen LogP contribution in [0.1, 0.15) is 62.9 Å². The molecular formula is C27H34N4O2. The molecular weight excluding hydrogens is 412 g/mol. The maximum atomic E-state index is 13.1. The highest BCUT2D eigenvalue weighted by molar-refractivity contribution is 6.05. The molecule has 33 heavy (non-hydrogen) atoms. The normalized spacial score (nSPS) is 13.0. The number of nitrogens with two attached hydrogens (primary N) is 1. The Labute approximate surface area is 196 Å². The Bertz CT molecular complexity index is 1060. The van der Waals surface area contributed by atoms with Gasteiger partial charge in [-0.25, -0.2) is 4.99 Å². The standard InChI is InChI=1S/C27H34N4O2/c1-5-13-31(14-6-2)27(33)23-15-22-12-11-21(16-24(22)30-25(28)17-23)19-7-9-20(10-8-19)26(32)29-18(3)4/h7-12,15-16,18H,5-6,13-14,17H2,1-4H3,(H2,28,30)(H,29,32). The van der Waals surface area contributed by atoms with Gasteiger partial charge in [0.15, 0.2) is 0 Å². The Kier molecular flexibility index (Phi) is 8.04. The van der Waals surface area contributed by atoms with Crippen molar-refractivity contribution in [1.82, 2.24) is 10.2 Å². The molecule has 0 unspecified atom stereocenters. The Hall–Kier alpha value is -3.41. The molecule has 1 heterocycles. The van der Waals surface area contributed by atoms with E-state index in [1.807, 2.05) is 67.3 Å². The van der Waals surface area contributed by atoms with Crippen LogP contribution in [0, 0.1) is 0 Å². The van der Waals surface area contributed by atoms with E-state index in [4.69, 9.17) is 5.73 Å². The van der Waals surface area contributed by atoms with Gasteiger partial charge in [-0.05, 0) is 62.1 Å². The smallest absolute Gasteiger partial charge is 0.251 e. The van der Waals surface area contributed by atoms with Crippen LogP contribution in [0.5, 0.6) is 0 Å². The summed E-state index contributed by atoms with van der Waals surface area (Å²) in [5, 5.41) is 2.90. The summed E-state index contributed by atoms with van der Waals surface area (Å²) in [6.07, 6.45) is 4.09. The average molecular weight is 447 g/mol. The van der Waals surface area contributed by atoms with Crippen LogP contribution >= 0.6 is 0 Å². The van der Waals surface area contributed by atoms with Crippen LogP contribution in [-0.4, -0.2) is 41.7 Å². The van der Waals surface area contributed by atoms with Gasteiger partial charge in [0, 0.05) is 42.3 Å². The van der Waals surface area contributed by atoms with Crippen molar-refractivity contribution in [3.05, 3.63) is 59.2 Å². The Balaban J connectivity index is 1.89. The number of aliphatic imine (C=N–C) groups is 1. The highest BCUT2D eigenvalue weighted by Crippen LogP contribution is 2.32. The second kappa shape index (κ2) is 10.9. The molecule has 6 heteroatoms. The predicted molar refractivity (Wildman–Crippen MR) is 136 cm³/mol. The molecule has 2 aromatic carbocycles. The zero-order valence-electron chi connectivity index (χ0n) is 20.0. The third-order valence-electron chi connectivity index (χ3n) is 5.44. The van der Waals surface area contributed by atoms with E-state index in [0.29, 0.717) is 23.4 Å². The predicted octanol–water partition coefficient (Wildman–Crippen LogP) is 4.92. The number of benzene rings is 2. The summed E-state index contributed by atoms with van der Waals surface area (Å²) >= 11 is 0. The van der Waals surface area contributed by atoms with Crippen molar-refractivity contribution in [3.63, 3.8) is 0 Å². The number of nitrogens with one attached hydrogen (secondary N) is 1. The second-order valence-electron chi connectivity index (χ2n) is 8.72. The van der Waals surface area contributed by atoms with Crippen LogP contribution in [0.2, 0.25) is 0 Å². The van der Waals surface area contributed by atoms with Gasteiger partial charge in [0.25, 0.3) is 5.91 Å². The molecule has 6 nitrogen and oxygen atoms in total. The number of fused-ring (bicyclic) bond motifs is 1. The van der Waals surface area contributed by atoms with Gasteiger partial charge in [-0.3, -0.25) is 9.59 Å². The lowest BCUT2D eigenvalue weighted by atomic mass is 9.99. The number of carbonyl (C=O) groups excluding carboxylic acids is 2. The molecule has 1 aliphatic heterocycles. The lowest BCUT2D eigenvalue weighted by Gasteiger charge is -2.22. The van der Waals surface area contributed by atoms with E-state index in [-0.39, 0.29) is 17.9 Å². The van der Waals surface area contributed by atoms with E-state index in [0.717, 1.165) is 48.3 Å². The van der Waals surface area contributed by atoms with Crippen molar-refractivity contribution in [2.45, 2.75) is 53.0 Å². The number of amidine groups is 1. The summed E-state index contributed by atoms with van der Waals surface area (Å²) < 4.78 is 0. The molecule has 1 aliphatic rings. The van der Waals surface area contributed by atoms with Crippen molar-refractivity contribution >= 4 is 29.4 Å². The molecule has 0 radical (unpaired) electrons. The third kappa shape index (κ3) is 6.09. The van der Waals surface area contributed by atoms with Gasteiger partial charge in [-0.15, -0.1) is 0 Å². The van der Waals surface area contributed by atoms with Crippen molar-refractivity contribution in [2.75, 3.05) is 13.1 Å². The fourth-order valence-electron chi connectivity index (χ4n) is 3.92. The number of carbonyl (C=O) groups is 2. The molecule has 3 rings (SSSR count). The molecule has 0 aliphatic carbocycles. The minimum absolute atomic E-state index is 0.0315. The zero-order valence-corrected chi connectivity index (χ0v) is 20.0. The molecule has 0 spiro atoms. The first-order valence-electron chi connectivity index (χ1n) is 11.7. The van der Waals surface area contributed by atoms with E-state index in [9.17, 15) is 9.59 Å². The fraction of sp³-hybridized carbons (Fsp3) is 0.370. The maximum absolute atomic E-state index is 13.1. The first-order valence-corrected chi connectivity index (χ1v) is 11.7. The Morgan fingerprint density at radius 2 is 1.67 bits per heavy atom. The van der Waals surface area contributed by atoms with Crippen LogP contribution in [0.4, 0.5) is 5.69 Å². The number of nitrogens with zero attached hydrogens (tertiary/aromatic N) is 2. The van der Waals surface area contributed by atoms with Gasteiger partial charge in [0.1, 0.15) is 5.84 Å². The van der Waals surface area contributed by atoms with Crippen molar-refractivity contribution < 1.29 is 9.59 Å². The number of rotatable bonds is 8. The average Bonchev–Trinajstić information content (AvgIpc) is 2.95. The summed E-state index contributed by atoms with van der Waals surface area (Å²) in [7, 11) is 0. The first-order chi connectivity index (χ1) is 15.8. The molecule has 2 aromatic rings. The van der Waals surface area contributed by atoms with Gasteiger partial charge < -0.3 is 16.0 Å². The molecule has 0 saturated carbocycles. The van der Waals surface area contributed by atoms with E-state index >= 15 is 0 Å². The topological polar surface area (TPSA) is 87.8 Å². The largest absolute Gasteiger partial charge is 0.387 e. The number of amides is 2. The lowest BCUT2D eigenvalue weighted by Crippen LogP contribution is -2.34. The van der Waals surface area contributed by atoms with E-state index in [1.54, 1.807) is 0 Å². The number of hydrogen-bond donors (Lipinski definition) is 2. The van der Waals surface area contributed by atoms with Crippen LogP contribution in [-0.2, 0) is 4.79 Å². The highest BCUT2D eigenvalue weighted by Gasteiger charge is 2.21. The van der Waals surface area contributed by atoms with Crippen molar-refractivity contribution in [2.24, 2.45) is 10.7 Å². The lowest BCUT2D eigenvalue weighted by molar-refractivity contribution is -0.127. The van der Waals surface area contributed by atoms with Crippen molar-refractivity contribution in [1.29, 1.82) is 0 Å². The minimum atomic E-state index is -0.0848. The second-order valence-corrected chi connectivity index (χ2v) is 8.72. The summed E-state index contributed by atoms with van der Waals surface area (Å²) in [6, 6.07) is 13.6. The van der Waals surface area contributed by atoms with Gasteiger partial charge in [0.05, 0.1) is 5.69 Å². The molecule has 3 N–H and O–H groups in total. The Morgan fingerprint density at radius 1 is 1.03 bits per heavy atom. The highest BCUT2D eigenvalue weighted by atomic mass is 16.2.